The number of ether oxygens (including phenoxy) is 1. The number of nitrogens with one attached hydrogen (secondary N) is 1. The molecule has 92 valence electrons. The third kappa shape index (κ3) is 3.10. The van der Waals surface area contributed by atoms with Crippen molar-refractivity contribution in [1.82, 2.24) is 0 Å². The quantitative estimate of drug-likeness (QED) is 0.628. The Hall–Kier alpha value is -2.29. The van der Waals surface area contributed by atoms with Gasteiger partial charge in [0, 0.05) is 5.57 Å². The van der Waals surface area contributed by atoms with Crippen molar-refractivity contribution in [3.05, 3.63) is 71.5 Å². The minimum atomic E-state index is 0.0641. The van der Waals surface area contributed by atoms with Gasteiger partial charge in [0.25, 0.3) is 0 Å². The topological polar surface area (TPSA) is 59.1 Å². The van der Waals surface area contributed by atoms with Gasteiger partial charge in [0.1, 0.15) is 18.2 Å². The second-order valence-corrected chi connectivity index (χ2v) is 4.02. The van der Waals surface area contributed by atoms with Gasteiger partial charge in [-0.2, -0.15) is 0 Å². The van der Waals surface area contributed by atoms with E-state index in [9.17, 15) is 0 Å². The van der Waals surface area contributed by atoms with Crippen LogP contribution in [0.15, 0.2) is 66.0 Å². The van der Waals surface area contributed by atoms with Gasteiger partial charge in [0.05, 0.1) is 0 Å². The molecule has 3 N–H and O–H groups in total. The summed E-state index contributed by atoms with van der Waals surface area (Å²) in [5, 5.41) is 7.57. The number of hydrogen-bond donors (Lipinski definition) is 2. The van der Waals surface area contributed by atoms with Crippen LogP contribution in [0.3, 0.4) is 0 Å². The van der Waals surface area contributed by atoms with Crippen LogP contribution in [0, 0.1) is 5.41 Å². The Bertz CT molecular complexity index is 513. The van der Waals surface area contributed by atoms with Crippen molar-refractivity contribution in [2.45, 2.75) is 13.0 Å². The van der Waals surface area contributed by atoms with E-state index in [2.05, 4.69) is 0 Å². The summed E-state index contributed by atoms with van der Waals surface area (Å²) in [5.74, 6) is 0.741. The number of rotatable bonds is 4. The van der Waals surface area contributed by atoms with Crippen LogP contribution in [0.5, 0.6) is 0 Å². The largest absolute Gasteiger partial charge is 0.488 e. The Balaban J connectivity index is 2.12. The smallest absolute Gasteiger partial charge is 0.126 e. The maximum absolute atomic E-state index is 7.57. The van der Waals surface area contributed by atoms with Crippen molar-refractivity contribution in [3.8, 4) is 0 Å². The molecule has 18 heavy (non-hydrogen) atoms. The fraction of sp³-hybridized carbons (Fsp3) is 0.133. The van der Waals surface area contributed by atoms with Crippen LogP contribution in [0.4, 0.5) is 0 Å². The lowest BCUT2D eigenvalue weighted by molar-refractivity contribution is 0.209. The summed E-state index contributed by atoms with van der Waals surface area (Å²) in [7, 11) is 0. The van der Waals surface area contributed by atoms with Gasteiger partial charge in [0.2, 0.25) is 0 Å². The van der Waals surface area contributed by atoms with Gasteiger partial charge >= 0.3 is 0 Å². The summed E-state index contributed by atoms with van der Waals surface area (Å²) < 4.78 is 5.75. The summed E-state index contributed by atoms with van der Waals surface area (Å²) >= 11 is 0. The molecule has 0 fully saturated rings. The minimum Gasteiger partial charge on any atom is -0.488 e. The highest BCUT2D eigenvalue weighted by atomic mass is 16.5. The van der Waals surface area contributed by atoms with Gasteiger partial charge in [-0.3, -0.25) is 5.41 Å². The maximum atomic E-state index is 7.57. The minimum absolute atomic E-state index is 0.0641. The van der Waals surface area contributed by atoms with Gasteiger partial charge in [0.15, 0.2) is 0 Å². The molecule has 2 rings (SSSR count). The lowest BCUT2D eigenvalue weighted by Crippen LogP contribution is -2.15. The number of hydrogen-bond acceptors (Lipinski definition) is 2. The molecule has 0 aromatic heterocycles. The average Bonchev–Trinajstić information content (AvgIpc) is 2.63. The Kier molecular flexibility index (Phi) is 3.97. The monoisotopic (exact) mass is 240 g/mol. The van der Waals surface area contributed by atoms with Crippen LogP contribution in [0.2, 0.25) is 0 Å². The van der Waals surface area contributed by atoms with E-state index in [1.807, 2.05) is 54.6 Å². The SMILES string of the molecule is N=C(N)C1=C(OCc2ccccc2)C=CC=CC1. The molecule has 0 spiro atoms. The molecule has 3 heteroatoms. The number of benzene rings is 1. The second kappa shape index (κ2) is 5.87. The molecule has 0 radical (unpaired) electrons. The van der Waals surface area contributed by atoms with Crippen LogP contribution in [-0.2, 0) is 11.3 Å². The van der Waals surface area contributed by atoms with E-state index < -0.39 is 0 Å². The van der Waals surface area contributed by atoms with E-state index >= 15 is 0 Å². The molecule has 0 saturated carbocycles. The molecule has 1 aliphatic rings. The Morgan fingerprint density at radius 2 is 2.00 bits per heavy atom. The summed E-state index contributed by atoms with van der Waals surface area (Å²) in [6.07, 6.45) is 8.28. The van der Waals surface area contributed by atoms with Crippen LogP contribution in [-0.4, -0.2) is 5.84 Å². The third-order valence-electron chi connectivity index (χ3n) is 2.68. The molecule has 3 nitrogen and oxygen atoms in total. The summed E-state index contributed by atoms with van der Waals surface area (Å²) in [5.41, 5.74) is 7.40. The highest BCUT2D eigenvalue weighted by molar-refractivity contribution is 5.95. The Morgan fingerprint density at radius 3 is 2.72 bits per heavy atom. The first kappa shape index (κ1) is 12.2. The average molecular weight is 240 g/mol. The van der Waals surface area contributed by atoms with Gasteiger partial charge in [-0.15, -0.1) is 0 Å². The first-order valence-electron chi connectivity index (χ1n) is 5.85. The first-order chi connectivity index (χ1) is 8.77. The predicted molar refractivity (Wildman–Crippen MR) is 73.1 cm³/mol. The molecule has 0 aliphatic heterocycles. The number of allylic oxidation sites excluding steroid dienone is 4. The van der Waals surface area contributed by atoms with Crippen molar-refractivity contribution in [2.24, 2.45) is 5.73 Å². The van der Waals surface area contributed by atoms with Gasteiger partial charge in [-0.25, -0.2) is 0 Å². The summed E-state index contributed by atoms with van der Waals surface area (Å²) in [6.45, 7) is 0.483. The van der Waals surface area contributed by atoms with Gasteiger partial charge in [-0.05, 0) is 18.1 Å². The molecule has 0 heterocycles. The first-order valence-corrected chi connectivity index (χ1v) is 5.85. The number of amidine groups is 1. The molecule has 1 aromatic carbocycles. The zero-order chi connectivity index (χ0) is 12.8. The van der Waals surface area contributed by atoms with Gasteiger partial charge in [-0.1, -0.05) is 48.6 Å². The van der Waals surface area contributed by atoms with Crippen molar-refractivity contribution in [2.75, 3.05) is 0 Å². The van der Waals surface area contributed by atoms with Crippen molar-refractivity contribution >= 4 is 5.84 Å². The van der Waals surface area contributed by atoms with Crippen molar-refractivity contribution in [1.29, 1.82) is 5.41 Å². The van der Waals surface area contributed by atoms with E-state index in [4.69, 9.17) is 15.9 Å². The molecule has 0 saturated heterocycles. The number of nitrogens with two attached hydrogens (primary N) is 1. The molecule has 1 aliphatic carbocycles. The second-order valence-electron chi connectivity index (χ2n) is 4.02. The third-order valence-corrected chi connectivity index (χ3v) is 2.68. The van der Waals surface area contributed by atoms with Crippen LogP contribution >= 0.6 is 0 Å². The fourth-order valence-corrected chi connectivity index (χ4v) is 1.72. The van der Waals surface area contributed by atoms with Crippen LogP contribution in [0.1, 0.15) is 12.0 Å². The molecule has 1 aromatic rings. The summed E-state index contributed by atoms with van der Waals surface area (Å²) in [6, 6.07) is 9.94. The molecule has 0 amide bonds. The zero-order valence-electron chi connectivity index (χ0n) is 10.1. The zero-order valence-corrected chi connectivity index (χ0v) is 10.1. The van der Waals surface area contributed by atoms with Gasteiger partial charge < -0.3 is 10.5 Å². The van der Waals surface area contributed by atoms with Crippen LogP contribution in [0.25, 0.3) is 0 Å². The van der Waals surface area contributed by atoms with Crippen LogP contribution < -0.4 is 5.73 Å². The molecular formula is C15H16N2O. The van der Waals surface area contributed by atoms with E-state index in [0.29, 0.717) is 18.8 Å². The van der Waals surface area contributed by atoms with Crippen molar-refractivity contribution < 1.29 is 4.74 Å². The van der Waals surface area contributed by atoms with E-state index in [1.54, 1.807) is 0 Å². The Morgan fingerprint density at radius 1 is 1.22 bits per heavy atom. The standard InChI is InChI=1S/C15H16N2O/c16-15(17)13-9-5-2-6-10-14(13)18-11-12-7-3-1-4-8-12/h1-8,10H,9,11H2,(H3,16,17). The fourth-order valence-electron chi connectivity index (χ4n) is 1.72. The van der Waals surface area contributed by atoms with Crippen molar-refractivity contribution in [3.63, 3.8) is 0 Å². The Labute approximate surface area is 107 Å². The highest BCUT2D eigenvalue weighted by Crippen LogP contribution is 2.17. The maximum Gasteiger partial charge on any atom is 0.126 e. The molecular weight excluding hydrogens is 224 g/mol. The van der Waals surface area contributed by atoms with E-state index in [-0.39, 0.29) is 5.84 Å². The normalized spacial score (nSPS) is 14.4. The van der Waals surface area contributed by atoms with E-state index in [1.165, 1.54) is 0 Å². The lowest BCUT2D eigenvalue weighted by Gasteiger charge is -2.11. The molecule has 0 bridgehead atoms. The highest BCUT2D eigenvalue weighted by Gasteiger charge is 2.09. The molecule has 0 atom stereocenters. The predicted octanol–water partition coefficient (Wildman–Crippen LogP) is 2.91. The lowest BCUT2D eigenvalue weighted by atomic mass is 10.1. The summed E-state index contributed by atoms with van der Waals surface area (Å²) in [4.78, 5) is 0. The molecule has 0 unspecified atom stereocenters. The van der Waals surface area contributed by atoms with E-state index in [0.717, 1.165) is 11.1 Å².